The Labute approximate surface area is 172 Å². The fourth-order valence-electron chi connectivity index (χ4n) is 3.76. The van der Waals surface area contributed by atoms with Crippen LogP contribution in [-0.4, -0.2) is 36.9 Å². The number of furan rings is 1. The van der Waals surface area contributed by atoms with Gasteiger partial charge in [0, 0.05) is 48.9 Å². The van der Waals surface area contributed by atoms with Gasteiger partial charge in [-0.15, -0.1) is 0 Å². The summed E-state index contributed by atoms with van der Waals surface area (Å²) < 4.78 is 52.8. The first kappa shape index (κ1) is 20.3. The molecule has 2 aromatic carbocycles. The Morgan fingerprint density at radius 1 is 1.17 bits per heavy atom. The van der Waals surface area contributed by atoms with Gasteiger partial charge in [-0.1, -0.05) is 13.0 Å². The number of benzene rings is 2. The number of rotatable bonds is 4. The molecule has 1 aromatic heterocycles. The number of fused-ring (bicyclic) bond motifs is 1. The fraction of sp³-hybridized carbons (Fsp3) is 0.348. The molecule has 0 N–H and O–H groups in total. The molecule has 0 saturated carbocycles. The molecule has 1 aliphatic heterocycles. The van der Waals surface area contributed by atoms with Crippen LogP contribution in [0.3, 0.4) is 0 Å². The van der Waals surface area contributed by atoms with Gasteiger partial charge in [-0.25, -0.2) is 13.2 Å². The Morgan fingerprint density at radius 3 is 2.53 bits per heavy atom. The van der Waals surface area contributed by atoms with Crippen LogP contribution in [0, 0.1) is 5.82 Å². The third-order valence-electron chi connectivity index (χ3n) is 5.51. The van der Waals surface area contributed by atoms with E-state index in [0.29, 0.717) is 22.5 Å². The van der Waals surface area contributed by atoms with Gasteiger partial charge in [-0.3, -0.25) is 4.79 Å². The molecule has 1 amide bonds. The number of aryl methyl sites for hydroxylation is 1. The summed E-state index contributed by atoms with van der Waals surface area (Å²) in [4.78, 5) is 13.9. The number of carbonyl (C=O) groups excluding carboxylic acids is 1. The van der Waals surface area contributed by atoms with Gasteiger partial charge in [0.2, 0.25) is 0 Å². The highest BCUT2D eigenvalue weighted by Gasteiger charge is 2.35. The molecule has 0 bridgehead atoms. The summed E-state index contributed by atoms with van der Waals surface area (Å²) in [5.74, 6) is -2.45. The first-order valence-electron chi connectivity index (χ1n) is 9.89. The van der Waals surface area contributed by atoms with Crippen molar-refractivity contribution in [3.8, 4) is 16.9 Å². The van der Waals surface area contributed by atoms with Gasteiger partial charge in [0.05, 0.1) is 7.11 Å². The molecule has 2 heterocycles. The molecule has 30 heavy (non-hydrogen) atoms. The Balaban J connectivity index is 1.64. The number of hydrogen-bond acceptors (Lipinski definition) is 3. The molecule has 3 aromatic rings. The lowest BCUT2D eigenvalue weighted by Gasteiger charge is -2.31. The number of methoxy groups -OCH3 is 1. The molecule has 1 aliphatic rings. The molecule has 158 valence electrons. The SMILES string of the molecule is CCc1cc2cc(-c3ccc(C(=O)N4CCC(F)(F)CC4)cc3F)cc(OC)c2o1. The van der Waals surface area contributed by atoms with E-state index < -0.39 is 17.6 Å². The van der Waals surface area contributed by atoms with Crippen molar-refractivity contribution in [2.24, 2.45) is 0 Å². The number of amides is 1. The predicted octanol–water partition coefficient (Wildman–Crippen LogP) is 5.68. The molecule has 4 rings (SSSR count). The number of carbonyl (C=O) groups is 1. The van der Waals surface area contributed by atoms with Crippen molar-refractivity contribution in [2.45, 2.75) is 32.1 Å². The van der Waals surface area contributed by atoms with Crippen molar-refractivity contribution in [2.75, 3.05) is 20.2 Å². The molecule has 0 aliphatic carbocycles. The summed E-state index contributed by atoms with van der Waals surface area (Å²) in [6, 6.07) is 9.61. The van der Waals surface area contributed by atoms with Crippen LogP contribution in [0.4, 0.5) is 13.2 Å². The molecule has 0 spiro atoms. The lowest BCUT2D eigenvalue weighted by atomic mass is 10.00. The maximum absolute atomic E-state index is 14.9. The van der Waals surface area contributed by atoms with Gasteiger partial charge < -0.3 is 14.1 Å². The van der Waals surface area contributed by atoms with E-state index >= 15 is 0 Å². The lowest BCUT2D eigenvalue weighted by molar-refractivity contribution is -0.0494. The van der Waals surface area contributed by atoms with Gasteiger partial charge in [0.25, 0.3) is 11.8 Å². The Hall–Kier alpha value is -2.96. The molecule has 1 saturated heterocycles. The van der Waals surface area contributed by atoms with Crippen LogP contribution in [0.25, 0.3) is 22.1 Å². The normalized spacial score (nSPS) is 16.1. The van der Waals surface area contributed by atoms with Gasteiger partial charge in [-0.05, 0) is 35.9 Å². The van der Waals surface area contributed by atoms with Gasteiger partial charge in [0.1, 0.15) is 11.6 Å². The van der Waals surface area contributed by atoms with Crippen LogP contribution in [0.5, 0.6) is 5.75 Å². The highest BCUT2D eigenvalue weighted by Crippen LogP contribution is 2.36. The average Bonchev–Trinajstić information content (AvgIpc) is 3.15. The summed E-state index contributed by atoms with van der Waals surface area (Å²) in [5, 5.41) is 0.801. The topological polar surface area (TPSA) is 42.7 Å². The second kappa shape index (κ2) is 7.70. The number of nitrogens with zero attached hydrogens (tertiary/aromatic N) is 1. The number of halogens is 3. The van der Waals surface area contributed by atoms with Crippen LogP contribution in [0.2, 0.25) is 0 Å². The molecule has 0 radical (unpaired) electrons. The quantitative estimate of drug-likeness (QED) is 0.548. The van der Waals surface area contributed by atoms with E-state index in [2.05, 4.69) is 0 Å². The maximum atomic E-state index is 14.9. The highest BCUT2D eigenvalue weighted by atomic mass is 19.3. The number of piperidine rings is 1. The molecule has 7 heteroatoms. The van der Waals surface area contributed by atoms with Gasteiger partial charge in [0.15, 0.2) is 11.3 Å². The molecule has 4 nitrogen and oxygen atoms in total. The summed E-state index contributed by atoms with van der Waals surface area (Å²) in [6.07, 6.45) is -0.0199. The Bertz CT molecular complexity index is 1100. The minimum absolute atomic E-state index is 0.0384. The minimum Gasteiger partial charge on any atom is -0.493 e. The van der Waals surface area contributed by atoms with Crippen molar-refractivity contribution in [1.82, 2.24) is 4.90 Å². The standard InChI is InChI=1S/C23H22F3NO3/c1-3-17-11-16-10-15(13-20(29-2)21(16)30-17)18-5-4-14(12-19(18)24)22(28)27-8-6-23(25,26)7-9-27/h4-5,10-13H,3,6-9H2,1-2H3. The van der Waals surface area contributed by atoms with E-state index in [-0.39, 0.29) is 31.5 Å². The first-order chi connectivity index (χ1) is 14.3. The summed E-state index contributed by atoms with van der Waals surface area (Å²) in [7, 11) is 1.52. The van der Waals surface area contributed by atoms with E-state index in [1.165, 1.54) is 24.1 Å². The number of alkyl halides is 2. The minimum atomic E-state index is -2.74. The first-order valence-corrected chi connectivity index (χ1v) is 9.89. The van der Waals surface area contributed by atoms with Crippen LogP contribution in [0.1, 0.15) is 35.9 Å². The van der Waals surface area contributed by atoms with Gasteiger partial charge in [-0.2, -0.15) is 0 Å². The van der Waals surface area contributed by atoms with Crippen LogP contribution >= 0.6 is 0 Å². The molecule has 1 fully saturated rings. The second-order valence-electron chi connectivity index (χ2n) is 7.51. The summed E-state index contributed by atoms with van der Waals surface area (Å²) in [6.45, 7) is 1.90. The zero-order valence-electron chi connectivity index (χ0n) is 16.8. The Kier molecular flexibility index (Phi) is 5.22. The fourth-order valence-corrected chi connectivity index (χ4v) is 3.76. The van der Waals surface area contributed by atoms with Crippen LogP contribution in [-0.2, 0) is 6.42 Å². The molecule has 0 unspecified atom stereocenters. The highest BCUT2D eigenvalue weighted by molar-refractivity contribution is 5.95. The smallest absolute Gasteiger partial charge is 0.253 e. The van der Waals surface area contributed by atoms with Crippen LogP contribution in [0.15, 0.2) is 40.8 Å². The van der Waals surface area contributed by atoms with E-state index in [1.54, 1.807) is 6.07 Å². The van der Waals surface area contributed by atoms with Crippen molar-refractivity contribution < 1.29 is 27.1 Å². The number of likely N-dealkylation sites (tertiary alicyclic amines) is 1. The summed E-state index contributed by atoms with van der Waals surface area (Å²) in [5.41, 5.74) is 1.66. The monoisotopic (exact) mass is 417 g/mol. The van der Waals surface area contributed by atoms with Crippen LogP contribution < -0.4 is 4.74 Å². The van der Waals surface area contributed by atoms with E-state index in [1.807, 2.05) is 19.1 Å². The summed E-state index contributed by atoms with van der Waals surface area (Å²) >= 11 is 0. The van der Waals surface area contributed by atoms with E-state index in [4.69, 9.17) is 9.15 Å². The molecule has 0 atom stereocenters. The molecular weight excluding hydrogens is 395 g/mol. The van der Waals surface area contributed by atoms with E-state index in [0.717, 1.165) is 23.6 Å². The number of hydrogen-bond donors (Lipinski definition) is 0. The van der Waals surface area contributed by atoms with Crippen molar-refractivity contribution in [1.29, 1.82) is 0 Å². The van der Waals surface area contributed by atoms with Crippen molar-refractivity contribution >= 4 is 16.9 Å². The Morgan fingerprint density at radius 2 is 1.90 bits per heavy atom. The maximum Gasteiger partial charge on any atom is 0.253 e. The van der Waals surface area contributed by atoms with Gasteiger partial charge >= 0.3 is 0 Å². The van der Waals surface area contributed by atoms with E-state index in [9.17, 15) is 18.0 Å². The average molecular weight is 417 g/mol. The largest absolute Gasteiger partial charge is 0.493 e. The third-order valence-corrected chi connectivity index (χ3v) is 5.51. The number of ether oxygens (including phenoxy) is 1. The predicted molar refractivity (Wildman–Crippen MR) is 108 cm³/mol. The zero-order valence-corrected chi connectivity index (χ0v) is 16.8. The zero-order chi connectivity index (χ0) is 21.5. The third kappa shape index (κ3) is 3.76. The molecular formula is C23H22F3NO3. The lowest BCUT2D eigenvalue weighted by Crippen LogP contribution is -2.42. The van der Waals surface area contributed by atoms with Crippen molar-refractivity contribution in [3.05, 3.63) is 53.5 Å². The van der Waals surface area contributed by atoms with Crippen molar-refractivity contribution in [3.63, 3.8) is 0 Å². The second-order valence-corrected chi connectivity index (χ2v) is 7.51.